The van der Waals surface area contributed by atoms with Gasteiger partial charge in [0.2, 0.25) is 0 Å². The average molecular weight is 305 g/mol. The van der Waals surface area contributed by atoms with Gasteiger partial charge in [0.05, 0.1) is 24.6 Å². The van der Waals surface area contributed by atoms with Crippen LogP contribution in [0.25, 0.3) is 10.7 Å². The van der Waals surface area contributed by atoms with E-state index >= 15 is 0 Å². The van der Waals surface area contributed by atoms with Gasteiger partial charge in [-0.25, -0.2) is 4.98 Å². The van der Waals surface area contributed by atoms with E-state index in [1.807, 2.05) is 28.5 Å². The first kappa shape index (κ1) is 14.1. The molecular formula is C14H15N3O3S. The summed E-state index contributed by atoms with van der Waals surface area (Å²) < 4.78 is 5.24. The van der Waals surface area contributed by atoms with Crippen LogP contribution in [-0.2, 0) is 16.1 Å². The summed E-state index contributed by atoms with van der Waals surface area (Å²) in [7, 11) is 0. The fourth-order valence-corrected chi connectivity index (χ4v) is 3.04. The van der Waals surface area contributed by atoms with E-state index in [-0.39, 0.29) is 6.61 Å². The van der Waals surface area contributed by atoms with Crippen molar-refractivity contribution in [3.8, 4) is 10.7 Å². The normalized spacial score (nSPS) is 19.5. The van der Waals surface area contributed by atoms with Crippen molar-refractivity contribution >= 4 is 17.3 Å². The minimum absolute atomic E-state index is 0.229. The van der Waals surface area contributed by atoms with Crippen molar-refractivity contribution in [3.63, 3.8) is 0 Å². The Kier molecular flexibility index (Phi) is 4.23. The van der Waals surface area contributed by atoms with Gasteiger partial charge >= 0.3 is 5.97 Å². The van der Waals surface area contributed by atoms with E-state index in [0.29, 0.717) is 19.7 Å². The third-order valence-electron chi connectivity index (χ3n) is 3.33. The van der Waals surface area contributed by atoms with Crippen LogP contribution >= 0.6 is 11.3 Å². The molecule has 2 aromatic heterocycles. The molecule has 1 fully saturated rings. The number of ether oxygens (including phenoxy) is 1. The van der Waals surface area contributed by atoms with Crippen LogP contribution in [0.1, 0.15) is 5.69 Å². The second-order valence-electron chi connectivity index (χ2n) is 4.76. The number of hydrogen-bond donors (Lipinski definition) is 1. The van der Waals surface area contributed by atoms with Crippen molar-refractivity contribution in [2.75, 3.05) is 19.8 Å². The van der Waals surface area contributed by atoms with Crippen LogP contribution in [0.15, 0.2) is 29.8 Å². The maximum atomic E-state index is 11.2. The number of rotatable bonds is 4. The van der Waals surface area contributed by atoms with E-state index < -0.39 is 12.0 Å². The topological polar surface area (TPSA) is 75.6 Å². The molecule has 0 bridgehead atoms. The number of nitrogens with zero attached hydrogens (tertiary/aromatic N) is 3. The second kappa shape index (κ2) is 6.30. The van der Waals surface area contributed by atoms with Crippen molar-refractivity contribution in [1.82, 2.24) is 14.9 Å². The number of hydrogen-bond acceptors (Lipinski definition) is 6. The number of aliphatic carboxylic acids is 1. The Morgan fingerprint density at radius 3 is 3.19 bits per heavy atom. The fraction of sp³-hybridized carbons (Fsp3) is 0.357. The van der Waals surface area contributed by atoms with Crippen LogP contribution in [-0.4, -0.2) is 51.7 Å². The molecule has 1 unspecified atom stereocenters. The zero-order valence-electron chi connectivity index (χ0n) is 11.3. The first-order valence-corrected chi connectivity index (χ1v) is 7.52. The quantitative estimate of drug-likeness (QED) is 0.922. The zero-order chi connectivity index (χ0) is 14.7. The summed E-state index contributed by atoms with van der Waals surface area (Å²) in [5.74, 6) is -0.852. The molecule has 1 aliphatic heterocycles. The van der Waals surface area contributed by atoms with Crippen LogP contribution in [0.4, 0.5) is 0 Å². The number of aromatic nitrogens is 2. The monoisotopic (exact) mass is 305 g/mol. The molecular weight excluding hydrogens is 290 g/mol. The van der Waals surface area contributed by atoms with Gasteiger partial charge in [-0.1, -0.05) is 6.07 Å². The van der Waals surface area contributed by atoms with Gasteiger partial charge in [-0.05, 0) is 12.1 Å². The van der Waals surface area contributed by atoms with E-state index in [0.717, 1.165) is 16.4 Å². The Bertz CT molecular complexity index is 617. The third-order valence-corrected chi connectivity index (χ3v) is 4.24. The largest absolute Gasteiger partial charge is 0.480 e. The molecule has 0 radical (unpaired) electrons. The molecule has 7 heteroatoms. The maximum Gasteiger partial charge on any atom is 0.323 e. The molecule has 1 saturated heterocycles. The number of morpholine rings is 1. The number of carboxylic acids is 1. The van der Waals surface area contributed by atoms with Crippen molar-refractivity contribution in [2.24, 2.45) is 0 Å². The molecule has 110 valence electrons. The van der Waals surface area contributed by atoms with Crippen molar-refractivity contribution in [2.45, 2.75) is 12.6 Å². The number of thiazole rings is 1. The molecule has 6 nitrogen and oxygen atoms in total. The Labute approximate surface area is 126 Å². The van der Waals surface area contributed by atoms with Gasteiger partial charge < -0.3 is 9.84 Å². The Hall–Kier alpha value is -1.83. The highest BCUT2D eigenvalue weighted by molar-refractivity contribution is 7.13. The SMILES string of the molecule is O=C(O)C1COCCN1Cc1csc(-c2ccccn2)n1. The van der Waals surface area contributed by atoms with Gasteiger partial charge in [-0.2, -0.15) is 0 Å². The van der Waals surface area contributed by atoms with Crippen LogP contribution in [0.5, 0.6) is 0 Å². The zero-order valence-corrected chi connectivity index (χ0v) is 12.1. The summed E-state index contributed by atoms with van der Waals surface area (Å²) >= 11 is 1.52. The lowest BCUT2D eigenvalue weighted by molar-refractivity contribution is -0.150. The second-order valence-corrected chi connectivity index (χ2v) is 5.62. The highest BCUT2D eigenvalue weighted by atomic mass is 32.1. The van der Waals surface area contributed by atoms with Gasteiger partial charge in [0.25, 0.3) is 0 Å². The Balaban J connectivity index is 1.73. The molecule has 1 aliphatic rings. The van der Waals surface area contributed by atoms with Crippen molar-refractivity contribution in [3.05, 3.63) is 35.5 Å². The number of carbonyl (C=O) groups is 1. The smallest absolute Gasteiger partial charge is 0.323 e. The summed E-state index contributed by atoms with van der Waals surface area (Å²) in [5.41, 5.74) is 1.71. The standard InChI is InChI=1S/C14H15N3O3S/c18-14(19)12-8-20-6-5-17(12)7-10-9-21-13(16-10)11-3-1-2-4-15-11/h1-4,9,12H,5-8H2,(H,18,19). The molecule has 1 atom stereocenters. The Morgan fingerprint density at radius 1 is 1.52 bits per heavy atom. The van der Waals surface area contributed by atoms with Gasteiger partial charge in [0.15, 0.2) is 0 Å². The summed E-state index contributed by atoms with van der Waals surface area (Å²) in [6.45, 7) is 1.91. The first-order valence-electron chi connectivity index (χ1n) is 6.64. The lowest BCUT2D eigenvalue weighted by Gasteiger charge is -2.32. The molecule has 0 aromatic carbocycles. The van der Waals surface area contributed by atoms with Crippen LogP contribution in [0.3, 0.4) is 0 Å². The first-order chi connectivity index (χ1) is 10.2. The average Bonchev–Trinajstić information content (AvgIpc) is 2.97. The molecule has 0 spiro atoms. The molecule has 0 aliphatic carbocycles. The molecule has 1 N–H and O–H groups in total. The van der Waals surface area contributed by atoms with Crippen LogP contribution in [0, 0.1) is 0 Å². The van der Waals surface area contributed by atoms with Gasteiger partial charge in [-0.15, -0.1) is 11.3 Å². The van der Waals surface area contributed by atoms with Gasteiger partial charge in [0, 0.05) is 24.7 Å². The van der Waals surface area contributed by atoms with E-state index in [9.17, 15) is 9.90 Å². The third kappa shape index (κ3) is 3.26. The van der Waals surface area contributed by atoms with Crippen molar-refractivity contribution in [1.29, 1.82) is 0 Å². The molecule has 2 aromatic rings. The summed E-state index contributed by atoms with van der Waals surface area (Å²) in [4.78, 5) is 21.9. The predicted molar refractivity (Wildman–Crippen MR) is 78.0 cm³/mol. The maximum absolute atomic E-state index is 11.2. The highest BCUT2D eigenvalue weighted by Crippen LogP contribution is 2.23. The fourth-order valence-electron chi connectivity index (χ4n) is 2.25. The van der Waals surface area contributed by atoms with E-state index in [4.69, 9.17) is 4.74 Å². The molecule has 21 heavy (non-hydrogen) atoms. The summed E-state index contributed by atoms with van der Waals surface area (Å²) in [6, 6.07) is 5.10. The van der Waals surface area contributed by atoms with E-state index in [1.165, 1.54) is 11.3 Å². The van der Waals surface area contributed by atoms with E-state index in [2.05, 4.69) is 9.97 Å². The molecule has 3 rings (SSSR count). The number of carboxylic acid groups (broad SMARTS) is 1. The van der Waals surface area contributed by atoms with Crippen LogP contribution in [0.2, 0.25) is 0 Å². The predicted octanol–water partition coefficient (Wildman–Crippen LogP) is 1.49. The minimum atomic E-state index is -0.852. The Morgan fingerprint density at radius 2 is 2.43 bits per heavy atom. The van der Waals surface area contributed by atoms with Crippen LogP contribution < -0.4 is 0 Å². The minimum Gasteiger partial charge on any atom is -0.480 e. The number of pyridine rings is 1. The molecule has 0 saturated carbocycles. The van der Waals surface area contributed by atoms with Crippen molar-refractivity contribution < 1.29 is 14.6 Å². The lowest BCUT2D eigenvalue weighted by atomic mass is 10.2. The summed E-state index contributed by atoms with van der Waals surface area (Å²) in [6.07, 6.45) is 1.73. The van der Waals surface area contributed by atoms with Gasteiger partial charge in [-0.3, -0.25) is 14.7 Å². The summed E-state index contributed by atoms with van der Waals surface area (Å²) in [5, 5.41) is 12.0. The lowest BCUT2D eigenvalue weighted by Crippen LogP contribution is -2.49. The van der Waals surface area contributed by atoms with Gasteiger partial charge in [0.1, 0.15) is 11.0 Å². The molecule has 0 amide bonds. The molecule has 3 heterocycles. The van der Waals surface area contributed by atoms with E-state index in [1.54, 1.807) is 6.20 Å². The highest BCUT2D eigenvalue weighted by Gasteiger charge is 2.29.